The number of ether oxygens (including phenoxy) is 1. The van der Waals surface area contributed by atoms with Crippen LogP contribution in [0.3, 0.4) is 0 Å². The zero-order valence-corrected chi connectivity index (χ0v) is 18.5. The quantitative estimate of drug-likeness (QED) is 0.442. The second kappa shape index (κ2) is 8.84. The van der Waals surface area contributed by atoms with E-state index in [1.165, 1.54) is 12.3 Å². The third kappa shape index (κ3) is 4.65. The Morgan fingerprint density at radius 2 is 1.84 bits per heavy atom. The van der Waals surface area contributed by atoms with Crippen LogP contribution >= 0.6 is 0 Å². The molecule has 0 aliphatic rings. The van der Waals surface area contributed by atoms with Gasteiger partial charge in [-0.1, -0.05) is 18.2 Å². The molecule has 2 aromatic heterocycles. The van der Waals surface area contributed by atoms with E-state index in [1.54, 1.807) is 54.7 Å². The normalized spacial score (nSPS) is 11.6. The van der Waals surface area contributed by atoms with Gasteiger partial charge in [-0.05, 0) is 61.9 Å². The Hall–Kier alpha value is -3.65. The molecule has 1 amide bonds. The Kier molecular flexibility index (Phi) is 5.96. The summed E-state index contributed by atoms with van der Waals surface area (Å²) in [5.41, 5.74) is 1.96. The number of nitrogens with zero attached hydrogens (tertiary/aromatic N) is 1. The molecule has 7 nitrogen and oxygen atoms in total. The molecule has 0 fully saturated rings. The summed E-state index contributed by atoms with van der Waals surface area (Å²) in [6, 6.07) is 16.5. The molecule has 32 heavy (non-hydrogen) atoms. The van der Waals surface area contributed by atoms with E-state index in [0.29, 0.717) is 11.3 Å². The summed E-state index contributed by atoms with van der Waals surface area (Å²) in [4.78, 5) is 20.0. The van der Waals surface area contributed by atoms with E-state index >= 15 is 0 Å². The number of hydrogen-bond donors (Lipinski definition) is 2. The Bertz CT molecular complexity index is 1360. The molecule has 0 spiro atoms. The van der Waals surface area contributed by atoms with Gasteiger partial charge in [-0.25, -0.2) is 13.4 Å². The van der Waals surface area contributed by atoms with Gasteiger partial charge in [0.05, 0.1) is 21.5 Å². The number of pyridine rings is 1. The number of H-pyrrole nitrogens is 1. The predicted octanol–water partition coefficient (Wildman–Crippen LogP) is 4.11. The van der Waals surface area contributed by atoms with Crippen LogP contribution in [0, 0.1) is 0 Å². The van der Waals surface area contributed by atoms with E-state index in [1.807, 2.05) is 19.9 Å². The molecule has 0 atom stereocenters. The molecule has 0 saturated heterocycles. The van der Waals surface area contributed by atoms with Gasteiger partial charge in [0, 0.05) is 24.3 Å². The molecule has 0 aliphatic carbocycles. The maximum Gasteiger partial charge on any atom is 0.253 e. The summed E-state index contributed by atoms with van der Waals surface area (Å²) in [5.74, 6) is 0.256. The maximum absolute atomic E-state index is 13.0. The summed E-state index contributed by atoms with van der Waals surface area (Å²) in [6.07, 6.45) is 3.23. The molecule has 8 heteroatoms. The lowest BCUT2D eigenvalue weighted by Gasteiger charge is -2.11. The minimum Gasteiger partial charge on any atom is -0.491 e. The van der Waals surface area contributed by atoms with Gasteiger partial charge in [0.2, 0.25) is 9.84 Å². The molecule has 0 saturated carbocycles. The number of aromatic amines is 1. The first-order valence-electron chi connectivity index (χ1n) is 10.1. The molecule has 0 bridgehead atoms. The van der Waals surface area contributed by atoms with Crippen molar-refractivity contribution in [2.45, 2.75) is 36.3 Å². The molecule has 0 radical (unpaired) electrons. The van der Waals surface area contributed by atoms with Crippen LogP contribution in [0.15, 0.2) is 82.8 Å². The van der Waals surface area contributed by atoms with Crippen molar-refractivity contribution in [1.29, 1.82) is 0 Å². The van der Waals surface area contributed by atoms with Gasteiger partial charge in [0.1, 0.15) is 11.4 Å². The highest BCUT2D eigenvalue weighted by Crippen LogP contribution is 2.25. The lowest BCUT2D eigenvalue weighted by molar-refractivity contribution is 0.0950. The van der Waals surface area contributed by atoms with Crippen LogP contribution in [0.2, 0.25) is 0 Å². The second-order valence-electron chi connectivity index (χ2n) is 7.61. The predicted molar refractivity (Wildman–Crippen MR) is 121 cm³/mol. The maximum atomic E-state index is 13.0. The van der Waals surface area contributed by atoms with E-state index in [-0.39, 0.29) is 28.3 Å². The minimum atomic E-state index is -3.68. The zero-order chi connectivity index (χ0) is 22.7. The number of carbonyl (C=O) groups is 1. The van der Waals surface area contributed by atoms with Crippen molar-refractivity contribution >= 4 is 26.8 Å². The number of hydrogen-bond acceptors (Lipinski definition) is 5. The Morgan fingerprint density at radius 3 is 2.59 bits per heavy atom. The van der Waals surface area contributed by atoms with Gasteiger partial charge >= 0.3 is 0 Å². The van der Waals surface area contributed by atoms with Gasteiger partial charge < -0.3 is 15.0 Å². The van der Waals surface area contributed by atoms with E-state index in [0.717, 1.165) is 16.6 Å². The Labute approximate surface area is 186 Å². The molecule has 0 aliphatic heterocycles. The molecule has 4 aromatic rings. The second-order valence-corrected chi connectivity index (χ2v) is 9.56. The minimum absolute atomic E-state index is 0.0526. The number of fused-ring (bicyclic) bond motifs is 1. The molecule has 0 unspecified atom stereocenters. The third-order valence-electron chi connectivity index (χ3n) is 4.84. The van der Waals surface area contributed by atoms with Crippen molar-refractivity contribution in [2.75, 3.05) is 0 Å². The fourth-order valence-electron chi connectivity index (χ4n) is 3.26. The van der Waals surface area contributed by atoms with Crippen LogP contribution in [0.4, 0.5) is 0 Å². The molecule has 2 aromatic carbocycles. The van der Waals surface area contributed by atoms with Crippen LogP contribution in [-0.2, 0) is 16.4 Å². The monoisotopic (exact) mass is 449 g/mol. The molecule has 164 valence electrons. The number of rotatable bonds is 7. The van der Waals surface area contributed by atoms with Gasteiger partial charge in [-0.2, -0.15) is 0 Å². The highest BCUT2D eigenvalue weighted by atomic mass is 32.2. The standard InChI is InChI=1S/C24H23N3O4S/c1-16(2)31-20-4-3-5-22(13-20)32(29,30)21-8-6-17(7-9-21)14-27-24(28)19-12-18-10-11-25-23(18)26-15-19/h3-13,15-16H,14H2,1-2H3,(H,25,26)(H,27,28). The summed E-state index contributed by atoms with van der Waals surface area (Å²) in [7, 11) is -3.68. The topological polar surface area (TPSA) is 101 Å². The number of amides is 1. The Morgan fingerprint density at radius 1 is 1.06 bits per heavy atom. The molecule has 4 rings (SSSR count). The van der Waals surface area contributed by atoms with Crippen molar-refractivity contribution in [2.24, 2.45) is 0 Å². The van der Waals surface area contributed by atoms with Crippen LogP contribution in [0.5, 0.6) is 5.75 Å². The van der Waals surface area contributed by atoms with Crippen molar-refractivity contribution in [3.63, 3.8) is 0 Å². The largest absolute Gasteiger partial charge is 0.491 e. The van der Waals surface area contributed by atoms with E-state index in [9.17, 15) is 13.2 Å². The van der Waals surface area contributed by atoms with Gasteiger partial charge in [0.15, 0.2) is 0 Å². The first kappa shape index (κ1) is 21.6. The number of nitrogens with one attached hydrogen (secondary N) is 2. The summed E-state index contributed by atoms with van der Waals surface area (Å²) in [5, 5.41) is 3.69. The number of carbonyl (C=O) groups excluding carboxylic acids is 1. The fraction of sp³-hybridized carbons (Fsp3) is 0.167. The van der Waals surface area contributed by atoms with Crippen molar-refractivity contribution in [3.8, 4) is 5.75 Å². The molecular formula is C24H23N3O4S. The summed E-state index contributed by atoms with van der Waals surface area (Å²) >= 11 is 0. The van der Waals surface area contributed by atoms with Gasteiger partial charge in [-0.15, -0.1) is 0 Å². The van der Waals surface area contributed by atoms with Crippen LogP contribution < -0.4 is 10.1 Å². The van der Waals surface area contributed by atoms with Crippen molar-refractivity contribution in [3.05, 3.63) is 84.2 Å². The highest BCUT2D eigenvalue weighted by Gasteiger charge is 2.18. The average molecular weight is 450 g/mol. The van der Waals surface area contributed by atoms with E-state index < -0.39 is 9.84 Å². The molecule has 2 heterocycles. The zero-order valence-electron chi connectivity index (χ0n) is 17.7. The number of benzene rings is 2. The molecule has 2 N–H and O–H groups in total. The highest BCUT2D eigenvalue weighted by molar-refractivity contribution is 7.91. The van der Waals surface area contributed by atoms with Crippen molar-refractivity contribution in [1.82, 2.24) is 15.3 Å². The summed E-state index contributed by atoms with van der Waals surface area (Å²) < 4.78 is 31.6. The number of sulfone groups is 1. The van der Waals surface area contributed by atoms with Gasteiger partial charge in [0.25, 0.3) is 5.91 Å². The fourth-order valence-corrected chi connectivity index (χ4v) is 4.55. The van der Waals surface area contributed by atoms with E-state index in [4.69, 9.17) is 4.74 Å². The lowest BCUT2D eigenvalue weighted by atomic mass is 10.2. The van der Waals surface area contributed by atoms with Crippen molar-refractivity contribution < 1.29 is 17.9 Å². The first-order valence-corrected chi connectivity index (χ1v) is 11.6. The molecular weight excluding hydrogens is 426 g/mol. The van der Waals surface area contributed by atoms with Crippen LogP contribution in [-0.4, -0.2) is 30.4 Å². The number of aromatic nitrogens is 2. The Balaban J connectivity index is 1.45. The van der Waals surface area contributed by atoms with Crippen LogP contribution in [0.25, 0.3) is 11.0 Å². The third-order valence-corrected chi connectivity index (χ3v) is 6.60. The SMILES string of the molecule is CC(C)Oc1cccc(S(=O)(=O)c2ccc(CNC(=O)c3cnc4[nH]ccc4c3)cc2)c1. The summed E-state index contributed by atoms with van der Waals surface area (Å²) in [6.45, 7) is 4.03. The van der Waals surface area contributed by atoms with Crippen LogP contribution in [0.1, 0.15) is 29.8 Å². The van der Waals surface area contributed by atoms with Gasteiger partial charge in [-0.3, -0.25) is 4.79 Å². The average Bonchev–Trinajstić information content (AvgIpc) is 3.25. The lowest BCUT2D eigenvalue weighted by Crippen LogP contribution is -2.22. The first-order chi connectivity index (χ1) is 15.3. The smallest absolute Gasteiger partial charge is 0.253 e. The van der Waals surface area contributed by atoms with E-state index in [2.05, 4.69) is 15.3 Å².